The van der Waals surface area contributed by atoms with E-state index in [1.807, 2.05) is 12.3 Å². The van der Waals surface area contributed by atoms with Crippen LogP contribution >= 0.6 is 11.3 Å². The molecule has 2 unspecified atom stereocenters. The summed E-state index contributed by atoms with van der Waals surface area (Å²) in [5.41, 5.74) is 0.979. The van der Waals surface area contributed by atoms with Gasteiger partial charge in [-0.3, -0.25) is 0 Å². The molecule has 1 fully saturated rings. The standard InChI is InChI=1S/C11H17NO2S/c1-7-12-9(6-15-7)5-10(13)11(14-2)8-3-4-8/h6,8,10-11,13H,3-5H2,1-2H3. The highest BCUT2D eigenvalue weighted by Crippen LogP contribution is 2.36. The monoisotopic (exact) mass is 227 g/mol. The van der Waals surface area contributed by atoms with Gasteiger partial charge in [0.15, 0.2) is 0 Å². The number of aliphatic hydroxyl groups is 1. The summed E-state index contributed by atoms with van der Waals surface area (Å²) in [6, 6.07) is 0. The molecular weight excluding hydrogens is 210 g/mol. The third kappa shape index (κ3) is 2.77. The van der Waals surface area contributed by atoms with Crippen LogP contribution in [-0.2, 0) is 11.2 Å². The second kappa shape index (κ2) is 4.60. The molecule has 0 bridgehead atoms. The van der Waals surface area contributed by atoms with Crippen LogP contribution in [0.2, 0.25) is 0 Å². The topological polar surface area (TPSA) is 42.4 Å². The molecule has 0 amide bonds. The van der Waals surface area contributed by atoms with Crippen molar-refractivity contribution in [1.29, 1.82) is 0 Å². The Labute approximate surface area is 94.1 Å². The van der Waals surface area contributed by atoms with Crippen molar-refractivity contribution in [2.75, 3.05) is 7.11 Å². The molecule has 1 aliphatic rings. The Morgan fingerprint density at radius 3 is 2.87 bits per heavy atom. The van der Waals surface area contributed by atoms with E-state index in [1.165, 1.54) is 12.8 Å². The third-order valence-electron chi connectivity index (χ3n) is 2.82. The van der Waals surface area contributed by atoms with Crippen molar-refractivity contribution in [3.63, 3.8) is 0 Å². The summed E-state index contributed by atoms with van der Waals surface area (Å²) in [7, 11) is 1.68. The molecule has 1 aromatic heterocycles. The maximum Gasteiger partial charge on any atom is 0.0897 e. The molecule has 0 saturated heterocycles. The summed E-state index contributed by atoms with van der Waals surface area (Å²) in [5.74, 6) is 0.560. The van der Waals surface area contributed by atoms with Crippen LogP contribution in [0.15, 0.2) is 5.38 Å². The average molecular weight is 227 g/mol. The molecule has 4 heteroatoms. The quantitative estimate of drug-likeness (QED) is 0.833. The van der Waals surface area contributed by atoms with E-state index >= 15 is 0 Å². The van der Waals surface area contributed by atoms with Gasteiger partial charge in [0, 0.05) is 18.9 Å². The fraction of sp³-hybridized carbons (Fsp3) is 0.727. The first-order valence-corrected chi connectivity index (χ1v) is 6.20. The van der Waals surface area contributed by atoms with Gasteiger partial charge < -0.3 is 9.84 Å². The van der Waals surface area contributed by atoms with Gasteiger partial charge in [0.1, 0.15) is 0 Å². The molecule has 1 aromatic rings. The summed E-state index contributed by atoms with van der Waals surface area (Å²) in [5, 5.41) is 13.1. The smallest absolute Gasteiger partial charge is 0.0897 e. The minimum absolute atomic E-state index is 0.00740. The Balaban J connectivity index is 1.92. The normalized spacial score (nSPS) is 20.2. The first-order valence-electron chi connectivity index (χ1n) is 5.32. The van der Waals surface area contributed by atoms with E-state index in [0.29, 0.717) is 12.3 Å². The predicted molar refractivity (Wildman–Crippen MR) is 60.1 cm³/mol. The van der Waals surface area contributed by atoms with Crippen molar-refractivity contribution in [3.05, 3.63) is 16.1 Å². The lowest BCUT2D eigenvalue weighted by Gasteiger charge is -2.20. The molecule has 1 heterocycles. The van der Waals surface area contributed by atoms with E-state index in [0.717, 1.165) is 10.7 Å². The largest absolute Gasteiger partial charge is 0.390 e. The van der Waals surface area contributed by atoms with Gasteiger partial charge in [-0.15, -0.1) is 11.3 Å². The van der Waals surface area contributed by atoms with Crippen LogP contribution in [-0.4, -0.2) is 29.4 Å². The molecule has 15 heavy (non-hydrogen) atoms. The third-order valence-corrected chi connectivity index (χ3v) is 3.65. The number of aromatic nitrogens is 1. The van der Waals surface area contributed by atoms with Crippen molar-refractivity contribution >= 4 is 11.3 Å². The lowest BCUT2D eigenvalue weighted by Crippen LogP contribution is -2.31. The van der Waals surface area contributed by atoms with E-state index in [2.05, 4.69) is 4.98 Å². The van der Waals surface area contributed by atoms with Crippen LogP contribution in [0, 0.1) is 12.8 Å². The van der Waals surface area contributed by atoms with Gasteiger partial charge in [0.05, 0.1) is 22.9 Å². The van der Waals surface area contributed by atoms with Crippen molar-refractivity contribution in [2.24, 2.45) is 5.92 Å². The highest BCUT2D eigenvalue weighted by atomic mass is 32.1. The number of hydrogen-bond acceptors (Lipinski definition) is 4. The number of aryl methyl sites for hydroxylation is 1. The number of thiazole rings is 1. The molecule has 0 radical (unpaired) electrons. The second-order valence-electron chi connectivity index (χ2n) is 4.17. The first kappa shape index (κ1) is 11.0. The van der Waals surface area contributed by atoms with Gasteiger partial charge >= 0.3 is 0 Å². The van der Waals surface area contributed by atoms with E-state index in [9.17, 15) is 5.11 Å². The van der Waals surface area contributed by atoms with E-state index < -0.39 is 6.10 Å². The zero-order valence-corrected chi connectivity index (χ0v) is 9.96. The molecule has 1 aliphatic carbocycles. The SMILES string of the molecule is COC(C(O)Cc1csc(C)n1)C1CC1. The highest BCUT2D eigenvalue weighted by molar-refractivity contribution is 7.09. The second-order valence-corrected chi connectivity index (χ2v) is 5.23. The van der Waals surface area contributed by atoms with Crippen LogP contribution in [0.1, 0.15) is 23.5 Å². The molecule has 2 rings (SSSR count). The van der Waals surface area contributed by atoms with E-state index in [-0.39, 0.29) is 6.10 Å². The Hall–Kier alpha value is -0.450. The van der Waals surface area contributed by atoms with Crippen molar-refractivity contribution in [3.8, 4) is 0 Å². The van der Waals surface area contributed by atoms with Gasteiger partial charge in [-0.1, -0.05) is 0 Å². The molecule has 0 aliphatic heterocycles. The predicted octanol–water partition coefficient (Wildman–Crippen LogP) is 1.78. The number of methoxy groups -OCH3 is 1. The van der Waals surface area contributed by atoms with Crippen molar-refractivity contribution in [2.45, 2.75) is 38.4 Å². The Morgan fingerprint density at radius 1 is 1.67 bits per heavy atom. The highest BCUT2D eigenvalue weighted by Gasteiger charge is 2.36. The van der Waals surface area contributed by atoms with Crippen LogP contribution in [0.4, 0.5) is 0 Å². The molecular formula is C11H17NO2S. The summed E-state index contributed by atoms with van der Waals surface area (Å²) in [6.45, 7) is 1.98. The number of rotatable bonds is 5. The number of ether oxygens (including phenoxy) is 1. The molecule has 0 spiro atoms. The Morgan fingerprint density at radius 2 is 2.40 bits per heavy atom. The lowest BCUT2D eigenvalue weighted by atomic mass is 10.1. The van der Waals surface area contributed by atoms with Crippen molar-refractivity contribution in [1.82, 2.24) is 4.98 Å². The number of hydrogen-bond donors (Lipinski definition) is 1. The van der Waals surface area contributed by atoms with Gasteiger partial charge in [-0.05, 0) is 25.7 Å². The Kier molecular flexibility index (Phi) is 3.38. The maximum atomic E-state index is 10.0. The fourth-order valence-electron chi connectivity index (χ4n) is 1.92. The summed E-state index contributed by atoms with van der Waals surface area (Å²) >= 11 is 1.63. The zero-order valence-electron chi connectivity index (χ0n) is 9.14. The van der Waals surface area contributed by atoms with Crippen LogP contribution in [0.5, 0.6) is 0 Å². The van der Waals surface area contributed by atoms with Crippen LogP contribution < -0.4 is 0 Å². The van der Waals surface area contributed by atoms with Gasteiger partial charge in [0.2, 0.25) is 0 Å². The fourth-order valence-corrected chi connectivity index (χ4v) is 2.55. The van der Waals surface area contributed by atoms with Gasteiger partial charge in [-0.2, -0.15) is 0 Å². The van der Waals surface area contributed by atoms with Crippen LogP contribution in [0.3, 0.4) is 0 Å². The van der Waals surface area contributed by atoms with Gasteiger partial charge in [0.25, 0.3) is 0 Å². The molecule has 84 valence electrons. The summed E-state index contributed by atoms with van der Waals surface area (Å²) in [4.78, 5) is 4.35. The minimum atomic E-state index is -0.413. The van der Waals surface area contributed by atoms with Gasteiger partial charge in [-0.25, -0.2) is 4.98 Å². The summed E-state index contributed by atoms with van der Waals surface area (Å²) < 4.78 is 5.34. The van der Waals surface area contributed by atoms with Crippen molar-refractivity contribution < 1.29 is 9.84 Å². The maximum absolute atomic E-state index is 10.0. The number of aliphatic hydroxyl groups excluding tert-OH is 1. The zero-order chi connectivity index (χ0) is 10.8. The Bertz CT molecular complexity index is 322. The molecule has 3 nitrogen and oxygen atoms in total. The minimum Gasteiger partial charge on any atom is -0.390 e. The molecule has 2 atom stereocenters. The van der Waals surface area contributed by atoms with E-state index in [4.69, 9.17) is 4.74 Å². The van der Waals surface area contributed by atoms with Crippen LogP contribution in [0.25, 0.3) is 0 Å². The number of nitrogens with zero attached hydrogens (tertiary/aromatic N) is 1. The molecule has 1 saturated carbocycles. The molecule has 0 aromatic carbocycles. The lowest BCUT2D eigenvalue weighted by molar-refractivity contribution is -0.0241. The summed E-state index contributed by atoms with van der Waals surface area (Å²) in [6.07, 6.45) is 2.56. The average Bonchev–Trinajstić information content (AvgIpc) is 2.93. The first-order chi connectivity index (χ1) is 7.20. The molecule has 1 N–H and O–H groups in total. The van der Waals surface area contributed by atoms with E-state index in [1.54, 1.807) is 18.4 Å².